The van der Waals surface area contributed by atoms with Gasteiger partial charge in [0.15, 0.2) is 0 Å². The molecule has 3 N–H and O–H groups in total. The van der Waals surface area contributed by atoms with E-state index in [2.05, 4.69) is 72.2 Å². The monoisotopic (exact) mass is 1670 g/mol. The zero-order chi connectivity index (χ0) is 85.5. The Bertz CT molecular complexity index is 2210. The largest absolute Gasteiger partial charge is 0.466 e. The molecule has 4 saturated carbocycles. The molecule has 4 aliphatic rings. The van der Waals surface area contributed by atoms with Gasteiger partial charge in [-0.15, -0.1) is 0 Å². The quantitative estimate of drug-likeness (QED) is 0.0291. The van der Waals surface area contributed by atoms with Crippen LogP contribution >= 0.6 is 0 Å². The number of ether oxygens (including phenoxy) is 6. The number of amides is 3. The SMILES string of the molecule is CCCCCCCOC(=O)CCCN(CCCCCCNC(=O)C12CC3CC(C(=O)NCCCCCCN(CCCC(=O)OCCCCCCC)CCCC(=O)OCCCCCCC)(C1)CC(C(=O)NCCCCCCN(CCCC(=O)OCCCCCCC)CCCC(=O)OCCCCCCC)(C3)C2)CCCC(=O)OCCCCCCC. The predicted octanol–water partition coefficient (Wildman–Crippen LogP) is 20.6. The van der Waals surface area contributed by atoms with Crippen molar-refractivity contribution in [2.75, 3.05) is 118 Å². The molecule has 3 amide bonds. The van der Waals surface area contributed by atoms with Crippen LogP contribution in [0.3, 0.4) is 0 Å². The number of esters is 6. The van der Waals surface area contributed by atoms with Crippen molar-refractivity contribution in [2.45, 2.75) is 427 Å². The fourth-order valence-electron chi connectivity index (χ4n) is 18.3. The van der Waals surface area contributed by atoms with E-state index < -0.39 is 16.2 Å². The van der Waals surface area contributed by atoms with E-state index in [-0.39, 0.29) is 59.5 Å². The van der Waals surface area contributed by atoms with Gasteiger partial charge in [-0.3, -0.25) is 43.2 Å². The molecule has 0 saturated heterocycles. The second-order valence-corrected chi connectivity index (χ2v) is 35.8. The van der Waals surface area contributed by atoms with Gasteiger partial charge in [0.1, 0.15) is 0 Å². The number of unbranched alkanes of at least 4 members (excludes halogenated alkanes) is 33. The lowest BCUT2D eigenvalue weighted by Gasteiger charge is -2.64. The minimum atomic E-state index is -0.848. The van der Waals surface area contributed by atoms with E-state index in [9.17, 15) is 28.8 Å². The zero-order valence-corrected chi connectivity index (χ0v) is 76.7. The van der Waals surface area contributed by atoms with Crippen LogP contribution in [0, 0.1) is 22.2 Å². The average Bonchev–Trinajstić information content (AvgIpc) is 0.690. The molecule has 0 heterocycles. The highest BCUT2D eigenvalue weighted by atomic mass is 16.6. The smallest absolute Gasteiger partial charge is 0.305 e. The maximum Gasteiger partial charge on any atom is 0.305 e. The van der Waals surface area contributed by atoms with Gasteiger partial charge in [0.25, 0.3) is 0 Å². The molecule has 4 fully saturated rings. The second kappa shape index (κ2) is 71.5. The fourth-order valence-corrected chi connectivity index (χ4v) is 18.3. The summed E-state index contributed by atoms with van der Waals surface area (Å²) in [5, 5.41) is 10.1. The Kier molecular flexibility index (Phi) is 65.0. The summed E-state index contributed by atoms with van der Waals surface area (Å²) < 4.78 is 33.5. The minimum Gasteiger partial charge on any atom is -0.466 e. The Morgan fingerprint density at radius 1 is 0.229 bits per heavy atom. The number of carbonyl (C=O) groups is 9. The summed E-state index contributed by atoms with van der Waals surface area (Å²) in [6.07, 6.45) is 53.5. The first-order valence-electron chi connectivity index (χ1n) is 49.5. The molecular formula is C97H178N6O15. The van der Waals surface area contributed by atoms with Crippen molar-refractivity contribution in [3.05, 3.63) is 0 Å². The molecule has 686 valence electrons. The second-order valence-electron chi connectivity index (χ2n) is 35.8. The summed E-state index contributed by atoms with van der Waals surface area (Å²) in [6, 6.07) is 0. The third-order valence-corrected chi connectivity index (χ3v) is 24.8. The van der Waals surface area contributed by atoms with E-state index in [1.807, 2.05) is 0 Å². The number of rotatable bonds is 84. The number of nitrogens with one attached hydrogen (secondary N) is 3. The molecule has 0 atom stereocenters. The molecule has 4 bridgehead atoms. The van der Waals surface area contributed by atoms with Crippen molar-refractivity contribution in [2.24, 2.45) is 22.2 Å². The van der Waals surface area contributed by atoms with Crippen molar-refractivity contribution in [1.29, 1.82) is 0 Å². The van der Waals surface area contributed by atoms with Crippen LogP contribution in [0.1, 0.15) is 427 Å². The molecule has 21 nitrogen and oxygen atoms in total. The first-order chi connectivity index (χ1) is 57.5. The lowest BCUT2D eigenvalue weighted by atomic mass is 9.39. The summed E-state index contributed by atoms with van der Waals surface area (Å²) in [5.74, 6) is -0.949. The lowest BCUT2D eigenvalue weighted by Crippen LogP contribution is -2.67. The molecule has 0 aliphatic heterocycles. The van der Waals surface area contributed by atoms with E-state index in [0.29, 0.717) is 175 Å². The molecular weight excluding hydrogens is 1490 g/mol. The van der Waals surface area contributed by atoms with Crippen molar-refractivity contribution in [3.63, 3.8) is 0 Å². The summed E-state index contributed by atoms with van der Waals surface area (Å²) in [5.41, 5.74) is -2.54. The fraction of sp³-hybridized carbons (Fsp3) is 0.907. The van der Waals surface area contributed by atoms with Crippen LogP contribution in [0.4, 0.5) is 0 Å². The van der Waals surface area contributed by atoms with E-state index in [1.165, 1.54) is 77.0 Å². The van der Waals surface area contributed by atoms with E-state index >= 15 is 14.4 Å². The van der Waals surface area contributed by atoms with Crippen LogP contribution in [0.25, 0.3) is 0 Å². The van der Waals surface area contributed by atoms with Crippen molar-refractivity contribution in [1.82, 2.24) is 30.7 Å². The van der Waals surface area contributed by atoms with Gasteiger partial charge >= 0.3 is 35.8 Å². The number of hydrogen-bond donors (Lipinski definition) is 3. The van der Waals surface area contributed by atoms with Crippen LogP contribution in [0.2, 0.25) is 0 Å². The number of nitrogens with zero attached hydrogens (tertiary/aromatic N) is 3. The van der Waals surface area contributed by atoms with Crippen LogP contribution in [0.15, 0.2) is 0 Å². The van der Waals surface area contributed by atoms with Gasteiger partial charge in [-0.05, 0) is 219 Å². The predicted molar refractivity (Wildman–Crippen MR) is 476 cm³/mol. The summed E-state index contributed by atoms with van der Waals surface area (Å²) in [7, 11) is 0. The molecule has 0 radical (unpaired) electrons. The zero-order valence-electron chi connectivity index (χ0n) is 76.7. The average molecular weight is 1670 g/mol. The highest BCUT2D eigenvalue weighted by Gasteiger charge is 2.69. The van der Waals surface area contributed by atoms with Crippen LogP contribution in [-0.4, -0.2) is 186 Å². The maximum absolute atomic E-state index is 15.1. The summed E-state index contributed by atoms with van der Waals surface area (Å²) in [4.78, 5) is 129. The van der Waals surface area contributed by atoms with Crippen LogP contribution in [0.5, 0.6) is 0 Å². The van der Waals surface area contributed by atoms with Gasteiger partial charge in [0, 0.05) is 58.2 Å². The summed E-state index contributed by atoms with van der Waals surface area (Å²) >= 11 is 0. The molecule has 4 aliphatic carbocycles. The number of carbonyl (C=O) groups excluding carboxylic acids is 9. The molecule has 0 aromatic carbocycles. The Hall–Kier alpha value is -4.89. The normalized spacial score (nSPS) is 17.3. The standard InChI is InChI=1S/C97H178N6O15/c1-7-13-19-31-43-73-113-86(104)55-49-67-101(68-50-56-87(105)114-74-44-32-20-14-8-2)64-40-28-25-37-61-98-92(110)95-79-85-80-96(82-95,93(111)99-62-38-26-29-41-65-102(69-51-57-88(106)115-75-45-33-21-15-9-3)70-52-58-89(107)116-76-46-34-22-16-10-4)84-97(81-85,83-95)94(112)100-63-39-27-30-42-66-103(71-53-59-90(108)117-77-47-35-23-17-11-5)72-54-60-91(109)118-78-48-36-24-18-12-6/h85H,7-84H2,1-6H3,(H,98,110)(H,99,111)(H,100,112). The van der Waals surface area contributed by atoms with Crippen molar-refractivity contribution in [3.8, 4) is 0 Å². The third kappa shape index (κ3) is 52.5. The highest BCUT2D eigenvalue weighted by molar-refractivity contribution is 5.92. The topological polar surface area (TPSA) is 255 Å². The van der Waals surface area contributed by atoms with Gasteiger partial charge in [0.05, 0.1) is 55.9 Å². The van der Waals surface area contributed by atoms with Gasteiger partial charge in [-0.2, -0.15) is 0 Å². The molecule has 118 heavy (non-hydrogen) atoms. The van der Waals surface area contributed by atoms with Crippen LogP contribution in [-0.2, 0) is 71.6 Å². The molecule has 4 rings (SSSR count). The molecule has 0 aromatic heterocycles. The van der Waals surface area contributed by atoms with Crippen molar-refractivity contribution < 1.29 is 71.6 Å². The van der Waals surface area contributed by atoms with E-state index in [1.54, 1.807) is 0 Å². The molecule has 0 spiro atoms. The third-order valence-electron chi connectivity index (χ3n) is 24.8. The van der Waals surface area contributed by atoms with Crippen LogP contribution < -0.4 is 16.0 Å². The first kappa shape index (κ1) is 107. The number of hydrogen-bond acceptors (Lipinski definition) is 18. The van der Waals surface area contributed by atoms with E-state index in [4.69, 9.17) is 28.4 Å². The van der Waals surface area contributed by atoms with Gasteiger partial charge in [-0.1, -0.05) is 234 Å². The molecule has 0 unspecified atom stereocenters. The molecule has 0 aromatic rings. The first-order valence-corrected chi connectivity index (χ1v) is 49.5. The lowest BCUT2D eigenvalue weighted by molar-refractivity contribution is -0.188. The van der Waals surface area contributed by atoms with Gasteiger partial charge in [0.2, 0.25) is 17.7 Å². The van der Waals surface area contributed by atoms with Crippen molar-refractivity contribution >= 4 is 53.5 Å². The minimum absolute atomic E-state index is 0.0346. The Labute approximate surface area is 719 Å². The Balaban J connectivity index is 1.68. The van der Waals surface area contributed by atoms with Gasteiger partial charge < -0.3 is 59.1 Å². The highest BCUT2D eigenvalue weighted by Crippen LogP contribution is 2.70. The Morgan fingerprint density at radius 2 is 0.398 bits per heavy atom. The molecule has 21 heteroatoms. The van der Waals surface area contributed by atoms with E-state index in [0.717, 1.165) is 252 Å². The maximum atomic E-state index is 15.1. The van der Waals surface area contributed by atoms with Gasteiger partial charge in [-0.25, -0.2) is 0 Å². The summed E-state index contributed by atoms with van der Waals surface area (Å²) in [6.45, 7) is 24.5. The Morgan fingerprint density at radius 3 is 0.593 bits per heavy atom.